The molecule has 1 rings (SSSR count). The molecule has 0 aromatic rings. The van der Waals surface area contributed by atoms with Crippen molar-refractivity contribution >= 4 is 45.4 Å². The van der Waals surface area contributed by atoms with Gasteiger partial charge in [0, 0.05) is 68.8 Å². The summed E-state index contributed by atoms with van der Waals surface area (Å²) >= 11 is 4.58. The molecule has 1 saturated heterocycles. The maximum atomic E-state index is 13.6. The van der Waals surface area contributed by atoms with Gasteiger partial charge in [0.15, 0.2) is 10.2 Å². The number of carbonyl (C=O) groups is 2. The third-order valence-electron chi connectivity index (χ3n) is 10.8. The van der Waals surface area contributed by atoms with Crippen LogP contribution in [0, 0.1) is 0 Å². The SMILES string of the molecule is C1CCOC1.C=CCCCCCCCCCOCC(F)(F)OC(F)(F)C(F)(F)OC(F)(F)C(F)(F)OC(F)(F)COCCO.CC(=O)S.CC(=O)SCCCCCCCCCCCOCC(F)(F)OC(F)(F)C(F)(F)OC(F)(F)C(F)(F)OC(F)(F)COCCO.CCC.CCCS(C)=O. The Hall–Kier alpha value is -2.27. The van der Waals surface area contributed by atoms with Gasteiger partial charge in [-0.1, -0.05) is 122 Å². The fraction of sp³-hybridized carbons (Fsp3) is 0.930. The van der Waals surface area contributed by atoms with Crippen LogP contribution in [0.5, 0.6) is 0 Å². The van der Waals surface area contributed by atoms with Crippen molar-refractivity contribution in [3.63, 3.8) is 0 Å². The molecule has 1 heterocycles. The molecule has 1 aliphatic rings. The van der Waals surface area contributed by atoms with Crippen LogP contribution < -0.4 is 0 Å². The maximum Gasteiger partial charge on any atom is 0.453 e. The number of aliphatic hydroxyl groups excluding tert-OH is 2. The van der Waals surface area contributed by atoms with Gasteiger partial charge in [-0.3, -0.25) is 13.8 Å². The Labute approximate surface area is 577 Å². The highest BCUT2D eigenvalue weighted by Gasteiger charge is 2.75. The fourth-order valence-corrected chi connectivity index (χ4v) is 7.70. The number of halogens is 24. The van der Waals surface area contributed by atoms with Crippen molar-refractivity contribution in [3.8, 4) is 0 Å². The van der Waals surface area contributed by atoms with Gasteiger partial charge in [0.1, 0.15) is 26.4 Å². The molecule has 1 fully saturated rings. The molecule has 100 heavy (non-hydrogen) atoms. The van der Waals surface area contributed by atoms with E-state index in [4.69, 9.17) is 14.9 Å². The second-order valence-electron chi connectivity index (χ2n) is 20.9. The van der Waals surface area contributed by atoms with Gasteiger partial charge in [0.25, 0.3) is 0 Å². The second-order valence-corrected chi connectivity index (χ2v) is 24.3. The molecule has 0 aliphatic carbocycles. The zero-order valence-corrected chi connectivity index (χ0v) is 58.5. The second kappa shape index (κ2) is 55.2. The van der Waals surface area contributed by atoms with Crippen molar-refractivity contribution in [2.75, 3.05) is 97.0 Å². The molecule has 16 nitrogen and oxygen atoms in total. The summed E-state index contributed by atoms with van der Waals surface area (Å²) in [5.74, 6) is 1.60. The molecule has 0 aromatic heterocycles. The van der Waals surface area contributed by atoms with Crippen LogP contribution in [0.1, 0.15) is 169 Å². The van der Waals surface area contributed by atoms with Gasteiger partial charge >= 0.3 is 73.3 Å². The monoisotopic (exact) mass is 1590 g/mol. The predicted molar refractivity (Wildman–Crippen MR) is 320 cm³/mol. The minimum Gasteiger partial charge on any atom is -0.394 e. The molecule has 0 aromatic carbocycles. The highest BCUT2D eigenvalue weighted by molar-refractivity contribution is 8.13. The van der Waals surface area contributed by atoms with Gasteiger partial charge < -0.3 is 33.9 Å². The van der Waals surface area contributed by atoms with Crippen LogP contribution in [-0.2, 0) is 72.5 Å². The normalized spacial score (nSPS) is 14.1. The number of unbranched alkanes of at least 4 members (excludes halogenated alkanes) is 15. The Morgan fingerprint density at radius 3 is 0.900 bits per heavy atom. The van der Waals surface area contributed by atoms with Crippen molar-refractivity contribution in [1.82, 2.24) is 0 Å². The number of aliphatic hydroxyl groups is 2. The Morgan fingerprint density at radius 1 is 0.450 bits per heavy atom. The third kappa shape index (κ3) is 58.0. The fourth-order valence-electron chi connectivity index (χ4n) is 6.49. The highest BCUT2D eigenvalue weighted by Crippen LogP contribution is 2.50. The topological polar surface area (TPSA) is 193 Å². The van der Waals surface area contributed by atoms with E-state index in [-0.39, 0.29) is 23.1 Å². The predicted octanol–water partition coefficient (Wildman–Crippen LogP) is 17.8. The molecule has 604 valence electrons. The summed E-state index contributed by atoms with van der Waals surface area (Å²) in [5.41, 5.74) is 0. The lowest BCUT2D eigenvalue weighted by Gasteiger charge is -2.34. The molecule has 1 unspecified atom stereocenters. The van der Waals surface area contributed by atoms with E-state index < -0.39 is 150 Å². The highest BCUT2D eigenvalue weighted by atomic mass is 32.2. The van der Waals surface area contributed by atoms with E-state index in [0.717, 1.165) is 102 Å². The van der Waals surface area contributed by atoms with E-state index in [0.29, 0.717) is 25.7 Å². The Kier molecular flexibility index (Phi) is 58.7. The number of hydrogen-bond donors (Lipinski definition) is 3. The van der Waals surface area contributed by atoms with Crippen LogP contribution >= 0.6 is 24.4 Å². The largest absolute Gasteiger partial charge is 0.453 e. The first-order valence-corrected chi connectivity index (χ1v) is 34.0. The maximum absolute atomic E-state index is 13.6. The summed E-state index contributed by atoms with van der Waals surface area (Å²) in [5, 5.41) is 16.6. The molecule has 0 saturated carbocycles. The smallest absolute Gasteiger partial charge is 0.394 e. The van der Waals surface area contributed by atoms with Crippen molar-refractivity contribution in [3.05, 3.63) is 12.7 Å². The van der Waals surface area contributed by atoms with Gasteiger partial charge in [0.05, 0.1) is 26.4 Å². The van der Waals surface area contributed by atoms with Crippen LogP contribution in [0.4, 0.5) is 105 Å². The van der Waals surface area contributed by atoms with Gasteiger partial charge in [-0.25, -0.2) is 28.4 Å². The summed E-state index contributed by atoms with van der Waals surface area (Å²) in [4.78, 5) is 20.1. The average Bonchev–Trinajstić information content (AvgIpc) is 0.942. The van der Waals surface area contributed by atoms with Crippen LogP contribution in [0.25, 0.3) is 0 Å². The number of alkyl halides is 24. The Bertz CT molecular complexity index is 2070. The molecule has 1 aliphatic heterocycles. The number of thiol groups is 1. The molecule has 0 spiro atoms. The number of thioether (sulfide) groups is 1. The van der Waals surface area contributed by atoms with E-state index in [1.807, 2.05) is 16.4 Å². The first-order chi connectivity index (χ1) is 45.8. The number of rotatable bonds is 52. The van der Waals surface area contributed by atoms with E-state index >= 15 is 0 Å². The molecular formula is C57H94F24O16S3. The van der Waals surface area contributed by atoms with E-state index in [2.05, 4.69) is 71.0 Å². The summed E-state index contributed by atoms with van der Waals surface area (Å²) in [6, 6.07) is 0. The third-order valence-corrected chi connectivity index (χ3v) is 12.7. The number of allylic oxidation sites excluding steroid dienone is 1. The summed E-state index contributed by atoms with van der Waals surface area (Å²) in [6.45, 7) is 1.67. The molecule has 2 N–H and O–H groups in total. The lowest BCUT2D eigenvalue weighted by Crippen LogP contribution is -2.58. The average molecular weight is 1590 g/mol. The number of ether oxygens (including phenoxy) is 11. The number of hydrogen-bond acceptors (Lipinski definition) is 17. The molecular weight excluding hydrogens is 1490 g/mol. The van der Waals surface area contributed by atoms with Gasteiger partial charge in [-0.2, -0.15) is 105 Å². The lowest BCUT2D eigenvalue weighted by atomic mass is 10.1. The van der Waals surface area contributed by atoms with Crippen LogP contribution in [0.3, 0.4) is 0 Å². The van der Waals surface area contributed by atoms with Crippen LogP contribution in [0.15, 0.2) is 12.7 Å². The zero-order chi connectivity index (χ0) is 78.7. The van der Waals surface area contributed by atoms with E-state index in [1.165, 1.54) is 44.9 Å². The van der Waals surface area contributed by atoms with Crippen LogP contribution in [-0.4, -0.2) is 195 Å². The molecule has 43 heteroatoms. The van der Waals surface area contributed by atoms with Crippen LogP contribution in [0.2, 0.25) is 0 Å². The van der Waals surface area contributed by atoms with E-state index in [1.54, 1.807) is 12.3 Å². The minimum absolute atomic E-state index is 0.0573. The minimum atomic E-state index is -6.94. The molecule has 0 radical (unpaired) electrons. The van der Waals surface area contributed by atoms with Gasteiger partial charge in [0.2, 0.25) is 0 Å². The van der Waals surface area contributed by atoms with Crippen molar-refractivity contribution < 1.29 is 181 Å². The summed E-state index contributed by atoms with van der Waals surface area (Å²) in [7, 11) is -0.566. The molecule has 0 amide bonds. The summed E-state index contributed by atoms with van der Waals surface area (Å²) in [6.07, 6.45) is -54.7. The number of carbonyl (C=O) groups excluding carboxylic acids is 2. The van der Waals surface area contributed by atoms with Gasteiger partial charge in [-0.05, 0) is 51.4 Å². The van der Waals surface area contributed by atoms with Crippen molar-refractivity contribution in [1.29, 1.82) is 0 Å². The quantitative estimate of drug-likeness (QED) is 0.0225. The Balaban J connectivity index is -0.000000481. The molecule has 1 atom stereocenters. The summed E-state index contributed by atoms with van der Waals surface area (Å²) < 4.78 is 368. The lowest BCUT2D eigenvalue weighted by molar-refractivity contribution is -0.558. The molecule has 0 bridgehead atoms. The van der Waals surface area contributed by atoms with Crippen molar-refractivity contribution in [2.24, 2.45) is 0 Å². The first kappa shape index (κ1) is 106. The van der Waals surface area contributed by atoms with E-state index in [9.17, 15) is 119 Å². The Morgan fingerprint density at radius 2 is 0.690 bits per heavy atom. The standard InChI is InChI=1S/C23H34F12O7S.C21H30F12O6.C4H10OS.C4H8O.C3H8.C2H4OS/c1-17(37)43-14-10-8-6-4-2-3-5-7-9-12-38-15-18(24,25)40-20(28,29)22(32,33)42-23(34,35)21(30,31)41-19(26,27)16-39-13-11-36;1-2-3-4-5-6-7-8-9-10-12-35-14-16(22,23)37-18(26,27)20(30,31)39-21(32,33)19(28,29)38-17(24,25)15-36-13-11-34;1-3-4-6(2)5;1-2-4-5-3-1;1-3-2;1-2(3)4/h36H,2-16H2,1H3;2,34H,1,3-15H2;3-4H2,1-2H3;1-4H2;3H2,1-2H3;1H3,(H,3,4). The van der Waals surface area contributed by atoms with Crippen molar-refractivity contribution in [2.45, 2.75) is 243 Å². The first-order valence-electron chi connectivity index (χ1n) is 30.8. The van der Waals surface area contributed by atoms with Gasteiger partial charge in [-0.15, -0.1) is 19.2 Å². The zero-order valence-electron chi connectivity index (χ0n) is 56.0.